The molecule has 0 N–H and O–H groups in total. The van der Waals surface area contributed by atoms with Crippen molar-refractivity contribution in [3.63, 3.8) is 0 Å². The van der Waals surface area contributed by atoms with Gasteiger partial charge in [-0.15, -0.1) is 0 Å². The van der Waals surface area contributed by atoms with Crippen molar-refractivity contribution in [3.8, 4) is 0 Å². The van der Waals surface area contributed by atoms with Gasteiger partial charge in [-0.1, -0.05) is 70.4 Å². The molecule has 0 amide bonds. The average molecular weight is 373 g/mol. The summed E-state index contributed by atoms with van der Waals surface area (Å²) in [5, 5.41) is 0. The molecule has 5 heteroatoms. The molecule has 0 atom stereocenters. The third-order valence-electron chi connectivity index (χ3n) is 4.86. The van der Waals surface area contributed by atoms with E-state index in [1.807, 2.05) is 44.2 Å². The Kier molecular flexibility index (Phi) is 8.04. The topological polar surface area (TPSA) is 53.2 Å². The van der Waals surface area contributed by atoms with Crippen molar-refractivity contribution in [1.82, 2.24) is 9.13 Å². The predicted molar refractivity (Wildman–Crippen MR) is 109 cm³/mol. The molecule has 1 heterocycles. The maximum atomic E-state index is 13.2. The Hall–Kier alpha value is -2.14. The lowest BCUT2D eigenvalue weighted by Crippen LogP contribution is -2.44. The first-order valence-corrected chi connectivity index (χ1v) is 9.90. The van der Waals surface area contributed by atoms with E-state index in [1.165, 1.54) is 4.57 Å². The van der Waals surface area contributed by atoms with E-state index in [1.54, 1.807) is 11.7 Å². The third kappa shape index (κ3) is 5.19. The number of methoxy groups -OCH3 is 1. The number of unbranched alkanes of at least 4 members (excludes halogenated alkanes) is 3. The van der Waals surface area contributed by atoms with Crippen LogP contribution in [0, 0.1) is 0 Å². The Bertz CT molecular complexity index is 835. The monoisotopic (exact) mass is 372 g/mol. The fourth-order valence-corrected chi connectivity index (χ4v) is 3.48. The van der Waals surface area contributed by atoms with Crippen LogP contribution in [0.15, 0.2) is 39.9 Å². The molecule has 0 fully saturated rings. The van der Waals surface area contributed by atoms with Crippen LogP contribution in [0.1, 0.15) is 69.2 Å². The summed E-state index contributed by atoms with van der Waals surface area (Å²) >= 11 is 0. The van der Waals surface area contributed by atoms with Crippen LogP contribution in [0.3, 0.4) is 0 Å². The first-order chi connectivity index (χ1) is 13.0. The molecule has 0 spiro atoms. The lowest BCUT2D eigenvalue weighted by atomic mass is 9.98. The molecule has 148 valence electrons. The van der Waals surface area contributed by atoms with Gasteiger partial charge in [0.25, 0.3) is 5.56 Å². The van der Waals surface area contributed by atoms with Gasteiger partial charge in [-0.2, -0.15) is 0 Å². The van der Waals surface area contributed by atoms with Crippen molar-refractivity contribution in [1.29, 1.82) is 0 Å². The highest BCUT2D eigenvalue weighted by molar-refractivity contribution is 5.29. The minimum absolute atomic E-state index is 0.0295. The lowest BCUT2D eigenvalue weighted by molar-refractivity contribution is 0.122. The molecular weight excluding hydrogens is 340 g/mol. The molecular formula is C22H32N2O3. The predicted octanol–water partition coefficient (Wildman–Crippen LogP) is 3.91. The van der Waals surface area contributed by atoms with Gasteiger partial charge in [0.2, 0.25) is 0 Å². The van der Waals surface area contributed by atoms with Crippen LogP contribution < -0.4 is 11.2 Å². The van der Waals surface area contributed by atoms with Crippen LogP contribution in [0.2, 0.25) is 0 Å². The summed E-state index contributed by atoms with van der Waals surface area (Å²) in [7, 11) is 1.57. The third-order valence-corrected chi connectivity index (χ3v) is 4.86. The van der Waals surface area contributed by atoms with Crippen molar-refractivity contribution < 1.29 is 4.74 Å². The van der Waals surface area contributed by atoms with E-state index in [0.29, 0.717) is 18.5 Å². The summed E-state index contributed by atoms with van der Waals surface area (Å²) in [5.41, 5.74) is 2.13. The Labute approximate surface area is 161 Å². The highest BCUT2D eigenvalue weighted by atomic mass is 16.5. The highest BCUT2D eigenvalue weighted by Gasteiger charge is 2.21. The molecule has 0 saturated heterocycles. The van der Waals surface area contributed by atoms with Gasteiger partial charge in [-0.05, 0) is 17.9 Å². The molecule has 0 aliphatic carbocycles. The lowest BCUT2D eigenvalue weighted by Gasteiger charge is -2.21. The smallest absolute Gasteiger partial charge is 0.333 e. The summed E-state index contributed by atoms with van der Waals surface area (Å²) in [4.78, 5) is 26.2. The SMILES string of the molecule is CCCCCCn1c(=O)c(C(C)C)c(Cc2ccccc2)n(COC)c1=O. The number of benzene rings is 1. The van der Waals surface area contributed by atoms with Gasteiger partial charge in [-0.3, -0.25) is 13.9 Å². The Morgan fingerprint density at radius 2 is 1.70 bits per heavy atom. The van der Waals surface area contributed by atoms with Gasteiger partial charge in [0.1, 0.15) is 6.73 Å². The fourth-order valence-electron chi connectivity index (χ4n) is 3.48. The van der Waals surface area contributed by atoms with E-state index in [0.717, 1.165) is 36.9 Å². The largest absolute Gasteiger partial charge is 0.364 e. The number of hydrogen-bond acceptors (Lipinski definition) is 3. The Morgan fingerprint density at radius 3 is 2.30 bits per heavy atom. The van der Waals surface area contributed by atoms with Gasteiger partial charge < -0.3 is 4.74 Å². The van der Waals surface area contributed by atoms with Gasteiger partial charge in [0, 0.05) is 31.3 Å². The summed E-state index contributed by atoms with van der Waals surface area (Å²) in [6.45, 7) is 6.78. The van der Waals surface area contributed by atoms with Crippen LogP contribution in [-0.4, -0.2) is 16.2 Å². The second-order valence-corrected chi connectivity index (χ2v) is 7.32. The van der Waals surface area contributed by atoms with E-state index in [9.17, 15) is 9.59 Å². The number of rotatable bonds is 10. The number of aromatic nitrogens is 2. The van der Waals surface area contributed by atoms with Gasteiger partial charge in [0.15, 0.2) is 0 Å². The van der Waals surface area contributed by atoms with Crippen molar-refractivity contribution in [2.24, 2.45) is 0 Å². The molecule has 5 nitrogen and oxygen atoms in total. The van der Waals surface area contributed by atoms with Gasteiger partial charge >= 0.3 is 5.69 Å². The van der Waals surface area contributed by atoms with Crippen molar-refractivity contribution in [2.45, 2.75) is 72.1 Å². The number of nitrogens with zero attached hydrogens (tertiary/aromatic N) is 2. The standard InChI is InChI=1S/C22H32N2O3/c1-5-6-7-11-14-23-21(25)20(17(2)3)19(24(16-27-4)22(23)26)15-18-12-9-8-10-13-18/h8-10,12-13,17H,5-7,11,14-16H2,1-4H3. The van der Waals surface area contributed by atoms with Crippen LogP contribution in [0.4, 0.5) is 0 Å². The highest BCUT2D eigenvalue weighted by Crippen LogP contribution is 2.18. The minimum atomic E-state index is -0.270. The quantitative estimate of drug-likeness (QED) is 0.594. The molecule has 0 radical (unpaired) electrons. The summed E-state index contributed by atoms with van der Waals surface area (Å²) in [6.07, 6.45) is 4.64. The number of hydrogen-bond donors (Lipinski definition) is 0. The molecule has 0 unspecified atom stereocenters. The Morgan fingerprint density at radius 1 is 1.00 bits per heavy atom. The van der Waals surface area contributed by atoms with E-state index in [4.69, 9.17) is 4.74 Å². The molecule has 2 rings (SSSR count). The van der Waals surface area contributed by atoms with E-state index < -0.39 is 0 Å². The zero-order valence-electron chi connectivity index (χ0n) is 17.0. The van der Waals surface area contributed by atoms with Gasteiger partial charge in [0.05, 0.1) is 0 Å². The number of ether oxygens (including phenoxy) is 1. The molecule has 2 aromatic rings. The van der Waals surface area contributed by atoms with Crippen molar-refractivity contribution >= 4 is 0 Å². The molecule has 0 aliphatic heterocycles. The Balaban J connectivity index is 2.57. The summed E-state index contributed by atoms with van der Waals surface area (Å²) < 4.78 is 8.34. The normalized spacial score (nSPS) is 11.3. The van der Waals surface area contributed by atoms with Crippen LogP contribution in [0.5, 0.6) is 0 Å². The molecule has 0 saturated carbocycles. The second kappa shape index (κ2) is 10.3. The molecule has 0 bridgehead atoms. The zero-order valence-corrected chi connectivity index (χ0v) is 17.0. The molecule has 27 heavy (non-hydrogen) atoms. The fraction of sp³-hybridized carbons (Fsp3) is 0.545. The van der Waals surface area contributed by atoms with E-state index in [2.05, 4.69) is 6.92 Å². The summed E-state index contributed by atoms with van der Waals surface area (Å²) in [6, 6.07) is 9.93. The van der Waals surface area contributed by atoms with Crippen LogP contribution in [-0.2, 0) is 24.4 Å². The minimum Gasteiger partial charge on any atom is -0.364 e. The van der Waals surface area contributed by atoms with Crippen LogP contribution >= 0.6 is 0 Å². The molecule has 1 aromatic carbocycles. The van der Waals surface area contributed by atoms with Crippen molar-refractivity contribution in [3.05, 3.63) is 68.0 Å². The molecule has 0 aliphatic rings. The molecule has 1 aromatic heterocycles. The zero-order chi connectivity index (χ0) is 19.8. The van der Waals surface area contributed by atoms with E-state index >= 15 is 0 Å². The maximum Gasteiger partial charge on any atom is 0.333 e. The van der Waals surface area contributed by atoms with Gasteiger partial charge in [-0.25, -0.2) is 4.79 Å². The first kappa shape index (κ1) is 21.2. The second-order valence-electron chi connectivity index (χ2n) is 7.32. The summed E-state index contributed by atoms with van der Waals surface area (Å²) in [5.74, 6) is 0.0295. The van der Waals surface area contributed by atoms with E-state index in [-0.39, 0.29) is 23.9 Å². The van der Waals surface area contributed by atoms with Crippen LogP contribution in [0.25, 0.3) is 0 Å². The first-order valence-electron chi connectivity index (χ1n) is 9.90. The maximum absolute atomic E-state index is 13.2. The average Bonchev–Trinajstić information content (AvgIpc) is 2.65. The van der Waals surface area contributed by atoms with Crippen molar-refractivity contribution in [2.75, 3.05) is 7.11 Å².